The highest BCUT2D eigenvalue weighted by atomic mass is 127. The lowest BCUT2D eigenvalue weighted by Crippen LogP contribution is -2.31. The quantitative estimate of drug-likeness (QED) is 0.300. The predicted octanol–water partition coefficient (Wildman–Crippen LogP) is 4.45. The minimum absolute atomic E-state index is 0. The van der Waals surface area contributed by atoms with Crippen LogP contribution in [0.5, 0.6) is 23.0 Å². The van der Waals surface area contributed by atoms with E-state index in [1.54, 1.807) is 28.4 Å². The first-order valence-corrected chi connectivity index (χ1v) is 9.70. The van der Waals surface area contributed by atoms with E-state index in [1.165, 1.54) is 6.42 Å². The molecule has 164 valence electrons. The first-order valence-electron chi connectivity index (χ1n) is 9.70. The van der Waals surface area contributed by atoms with E-state index >= 15 is 0 Å². The molecule has 0 atom stereocenters. The Labute approximate surface area is 195 Å². The van der Waals surface area contributed by atoms with Gasteiger partial charge < -0.3 is 29.6 Å². The summed E-state index contributed by atoms with van der Waals surface area (Å²) in [5.74, 6) is 3.24. The van der Waals surface area contributed by atoms with Gasteiger partial charge in [0.2, 0.25) is 5.75 Å². The summed E-state index contributed by atoms with van der Waals surface area (Å²) in [6.45, 7) is 0.590. The molecule has 2 N–H and O–H groups in total. The molecule has 0 amide bonds. The molecule has 1 saturated carbocycles. The zero-order chi connectivity index (χ0) is 20.6. The first kappa shape index (κ1) is 23.9. The molecular weight excluding hydrogens is 497 g/mol. The average molecular weight is 527 g/mol. The molecule has 0 spiro atoms. The number of anilines is 1. The Morgan fingerprint density at radius 3 is 2.20 bits per heavy atom. The number of aliphatic imine (C=N–C) groups is 1. The Morgan fingerprint density at radius 1 is 1.00 bits per heavy atom. The molecule has 0 aliphatic heterocycles. The lowest BCUT2D eigenvalue weighted by molar-refractivity contribution is 0.119. The predicted molar refractivity (Wildman–Crippen MR) is 130 cm³/mol. The number of halogens is 1. The van der Waals surface area contributed by atoms with Crippen LogP contribution in [0, 0.1) is 0 Å². The molecule has 0 unspecified atom stereocenters. The van der Waals surface area contributed by atoms with Crippen LogP contribution in [-0.2, 0) is 6.54 Å². The van der Waals surface area contributed by atoms with Crippen LogP contribution in [0.4, 0.5) is 5.69 Å². The second-order valence-corrected chi connectivity index (χ2v) is 6.74. The molecule has 0 heterocycles. The third-order valence-corrected chi connectivity index (χ3v) is 4.92. The van der Waals surface area contributed by atoms with E-state index < -0.39 is 0 Å². The highest BCUT2D eigenvalue weighted by Crippen LogP contribution is 2.39. The standard InChI is InChI=1S/C22H29N3O4.HI/c1-23-22(25-16-12-19(26-2)21(28-4)20(13-16)27-3)24-14-15-8-5-6-11-18(15)29-17-9-7-10-17;/h5-6,8,11-13,17H,7,9-10,14H2,1-4H3,(H2,23,24,25);1H. The van der Waals surface area contributed by atoms with Crippen molar-refractivity contribution < 1.29 is 18.9 Å². The van der Waals surface area contributed by atoms with Crippen LogP contribution in [0.1, 0.15) is 24.8 Å². The van der Waals surface area contributed by atoms with Crippen molar-refractivity contribution in [2.45, 2.75) is 31.9 Å². The fourth-order valence-corrected chi connectivity index (χ4v) is 3.08. The summed E-state index contributed by atoms with van der Waals surface area (Å²) in [5, 5.41) is 6.60. The topological polar surface area (TPSA) is 73.3 Å². The number of benzene rings is 2. The van der Waals surface area contributed by atoms with Crippen LogP contribution in [0.2, 0.25) is 0 Å². The summed E-state index contributed by atoms with van der Waals surface area (Å²) >= 11 is 0. The Bertz CT molecular complexity index is 831. The number of nitrogens with zero attached hydrogens (tertiary/aromatic N) is 1. The number of guanidine groups is 1. The maximum Gasteiger partial charge on any atom is 0.203 e. The lowest BCUT2D eigenvalue weighted by Gasteiger charge is -2.27. The van der Waals surface area contributed by atoms with Gasteiger partial charge in [0.25, 0.3) is 0 Å². The summed E-state index contributed by atoms with van der Waals surface area (Å²) in [7, 11) is 6.49. The number of nitrogens with one attached hydrogen (secondary N) is 2. The number of hydrogen-bond acceptors (Lipinski definition) is 5. The van der Waals surface area contributed by atoms with Gasteiger partial charge >= 0.3 is 0 Å². The number of rotatable bonds is 8. The minimum Gasteiger partial charge on any atom is -0.493 e. The van der Waals surface area contributed by atoms with Crippen LogP contribution in [0.3, 0.4) is 0 Å². The second kappa shape index (κ2) is 11.7. The van der Waals surface area contributed by atoms with Gasteiger partial charge in [0, 0.05) is 37.0 Å². The van der Waals surface area contributed by atoms with Crippen LogP contribution in [0.15, 0.2) is 41.4 Å². The third kappa shape index (κ3) is 5.84. The van der Waals surface area contributed by atoms with Crippen molar-refractivity contribution >= 4 is 35.6 Å². The summed E-state index contributed by atoms with van der Waals surface area (Å²) in [4.78, 5) is 4.31. The summed E-state index contributed by atoms with van der Waals surface area (Å²) < 4.78 is 22.3. The smallest absolute Gasteiger partial charge is 0.203 e. The van der Waals surface area contributed by atoms with Gasteiger partial charge in [0.1, 0.15) is 5.75 Å². The Hall–Kier alpha value is -2.36. The SMILES string of the molecule is CN=C(NCc1ccccc1OC1CCC1)Nc1cc(OC)c(OC)c(OC)c1.I. The number of para-hydroxylation sites is 1. The molecule has 2 aromatic rings. The van der Waals surface area contributed by atoms with Crippen molar-refractivity contribution in [2.24, 2.45) is 4.99 Å². The normalized spacial score (nSPS) is 13.5. The van der Waals surface area contributed by atoms with Crippen molar-refractivity contribution in [3.63, 3.8) is 0 Å². The zero-order valence-corrected chi connectivity index (χ0v) is 20.2. The molecule has 1 aliphatic carbocycles. The molecule has 30 heavy (non-hydrogen) atoms. The van der Waals surface area contributed by atoms with E-state index in [4.69, 9.17) is 18.9 Å². The van der Waals surface area contributed by atoms with E-state index in [9.17, 15) is 0 Å². The van der Waals surface area contributed by atoms with E-state index in [2.05, 4.69) is 21.7 Å². The fourth-order valence-electron chi connectivity index (χ4n) is 3.08. The van der Waals surface area contributed by atoms with Gasteiger partial charge in [-0.3, -0.25) is 4.99 Å². The van der Waals surface area contributed by atoms with E-state index in [0.717, 1.165) is 29.8 Å². The maximum atomic E-state index is 6.10. The summed E-state index contributed by atoms with van der Waals surface area (Å²) in [6.07, 6.45) is 3.85. The maximum absolute atomic E-state index is 6.10. The third-order valence-electron chi connectivity index (χ3n) is 4.92. The van der Waals surface area contributed by atoms with Crippen molar-refractivity contribution in [1.29, 1.82) is 0 Å². The zero-order valence-electron chi connectivity index (χ0n) is 17.9. The fraction of sp³-hybridized carbons (Fsp3) is 0.409. The van der Waals surface area contributed by atoms with Gasteiger partial charge in [-0.25, -0.2) is 0 Å². The monoisotopic (exact) mass is 527 g/mol. The van der Waals surface area contributed by atoms with Gasteiger partial charge in [-0.05, 0) is 25.3 Å². The molecule has 7 nitrogen and oxygen atoms in total. The van der Waals surface area contributed by atoms with Crippen LogP contribution in [0.25, 0.3) is 0 Å². The lowest BCUT2D eigenvalue weighted by atomic mass is 9.96. The molecule has 8 heteroatoms. The Kier molecular flexibility index (Phi) is 9.35. The van der Waals surface area contributed by atoms with Crippen molar-refractivity contribution in [3.8, 4) is 23.0 Å². The van der Waals surface area contributed by atoms with E-state index in [1.807, 2.05) is 30.3 Å². The molecule has 1 aliphatic rings. The van der Waals surface area contributed by atoms with Crippen LogP contribution in [-0.4, -0.2) is 40.4 Å². The van der Waals surface area contributed by atoms with Crippen molar-refractivity contribution in [3.05, 3.63) is 42.0 Å². The molecule has 3 rings (SSSR count). The van der Waals surface area contributed by atoms with Gasteiger partial charge in [0.05, 0.1) is 27.4 Å². The largest absolute Gasteiger partial charge is 0.493 e. The van der Waals surface area contributed by atoms with Gasteiger partial charge in [0.15, 0.2) is 17.5 Å². The molecule has 1 fully saturated rings. The second-order valence-electron chi connectivity index (χ2n) is 6.74. The highest BCUT2D eigenvalue weighted by molar-refractivity contribution is 14.0. The molecule has 0 bridgehead atoms. The average Bonchev–Trinajstić information content (AvgIpc) is 2.73. The molecular formula is C22H30IN3O4. The minimum atomic E-state index is 0. The molecule has 2 aromatic carbocycles. The molecule has 0 aromatic heterocycles. The summed E-state index contributed by atoms with van der Waals surface area (Å²) in [6, 6.07) is 11.8. The van der Waals surface area contributed by atoms with Crippen LogP contribution < -0.4 is 29.6 Å². The summed E-state index contributed by atoms with van der Waals surface area (Å²) in [5.41, 5.74) is 1.86. The van der Waals surface area contributed by atoms with Gasteiger partial charge in [-0.2, -0.15) is 0 Å². The Balaban J connectivity index is 0.00000320. The highest BCUT2D eigenvalue weighted by Gasteiger charge is 2.20. The number of methoxy groups -OCH3 is 3. The number of ether oxygens (including phenoxy) is 4. The number of hydrogen-bond donors (Lipinski definition) is 2. The molecule has 0 saturated heterocycles. The van der Waals surface area contributed by atoms with Crippen molar-refractivity contribution in [2.75, 3.05) is 33.7 Å². The van der Waals surface area contributed by atoms with Crippen molar-refractivity contribution in [1.82, 2.24) is 5.32 Å². The Morgan fingerprint density at radius 2 is 1.67 bits per heavy atom. The van der Waals surface area contributed by atoms with Gasteiger partial charge in [-0.15, -0.1) is 24.0 Å². The van der Waals surface area contributed by atoms with Crippen LogP contribution >= 0.6 is 24.0 Å². The van der Waals surface area contributed by atoms with E-state index in [-0.39, 0.29) is 24.0 Å². The first-order chi connectivity index (χ1) is 14.2. The molecule has 0 radical (unpaired) electrons. The van der Waals surface area contributed by atoms with E-state index in [0.29, 0.717) is 35.9 Å². The van der Waals surface area contributed by atoms with Gasteiger partial charge in [-0.1, -0.05) is 18.2 Å².